The van der Waals surface area contributed by atoms with Gasteiger partial charge in [0.2, 0.25) is 5.91 Å². The van der Waals surface area contributed by atoms with Crippen LogP contribution in [0.4, 0.5) is 5.69 Å². The van der Waals surface area contributed by atoms with Crippen LogP contribution in [0.2, 0.25) is 0 Å². The fraction of sp³-hybridized carbons (Fsp3) is 0.423. The van der Waals surface area contributed by atoms with Gasteiger partial charge in [-0.2, -0.15) is 0 Å². The van der Waals surface area contributed by atoms with Crippen LogP contribution in [-0.4, -0.2) is 26.4 Å². The molecule has 0 fully saturated rings. The molecule has 34 heavy (non-hydrogen) atoms. The van der Waals surface area contributed by atoms with E-state index in [1.807, 2.05) is 49.6 Å². The van der Waals surface area contributed by atoms with Crippen LogP contribution in [0.1, 0.15) is 75.2 Å². The van der Waals surface area contributed by atoms with E-state index in [1.54, 1.807) is 0 Å². The topological polar surface area (TPSA) is 69.0 Å². The highest BCUT2D eigenvalue weighted by Crippen LogP contribution is 2.29. The third-order valence-corrected chi connectivity index (χ3v) is 7.22. The molecule has 1 atom stereocenters. The van der Waals surface area contributed by atoms with E-state index in [-0.39, 0.29) is 23.8 Å². The molecule has 3 rings (SSSR count). The Balaban J connectivity index is 1.68. The van der Waals surface area contributed by atoms with Crippen molar-refractivity contribution in [3.63, 3.8) is 0 Å². The van der Waals surface area contributed by atoms with Gasteiger partial charge in [0.05, 0.1) is 11.4 Å². The number of carbonyl (C=O) groups excluding carboxylic acids is 1. The van der Waals surface area contributed by atoms with Gasteiger partial charge < -0.3 is 14.6 Å². The van der Waals surface area contributed by atoms with Crippen molar-refractivity contribution in [1.82, 2.24) is 14.8 Å². The van der Waals surface area contributed by atoms with Crippen LogP contribution >= 0.6 is 27.7 Å². The van der Waals surface area contributed by atoms with Crippen molar-refractivity contribution >= 4 is 39.3 Å². The van der Waals surface area contributed by atoms with Gasteiger partial charge >= 0.3 is 0 Å². The van der Waals surface area contributed by atoms with Gasteiger partial charge in [0.1, 0.15) is 5.75 Å². The van der Waals surface area contributed by atoms with E-state index in [9.17, 15) is 4.79 Å². The molecule has 0 radical (unpaired) electrons. The summed E-state index contributed by atoms with van der Waals surface area (Å²) in [6.45, 7) is 14.5. The Hall–Kier alpha value is -2.32. The van der Waals surface area contributed by atoms with Crippen LogP contribution in [0, 0.1) is 13.8 Å². The largest absolute Gasteiger partial charge is 0.483 e. The Morgan fingerprint density at radius 3 is 2.32 bits per heavy atom. The van der Waals surface area contributed by atoms with Crippen molar-refractivity contribution in [3.8, 4) is 5.75 Å². The fourth-order valence-corrected chi connectivity index (χ4v) is 4.96. The smallest absolute Gasteiger partial charge is 0.234 e. The van der Waals surface area contributed by atoms with Gasteiger partial charge in [-0.1, -0.05) is 37.7 Å². The van der Waals surface area contributed by atoms with E-state index in [2.05, 4.69) is 71.3 Å². The first-order valence-corrected chi connectivity index (χ1v) is 13.3. The molecule has 182 valence electrons. The highest BCUT2D eigenvalue weighted by Gasteiger charge is 2.22. The minimum Gasteiger partial charge on any atom is -0.483 e. The maximum absolute atomic E-state index is 12.6. The van der Waals surface area contributed by atoms with Gasteiger partial charge in [-0.25, -0.2) is 0 Å². The summed E-state index contributed by atoms with van der Waals surface area (Å²) in [5, 5.41) is 12.5. The third-order valence-electron chi connectivity index (χ3n) is 5.62. The number of aromatic nitrogens is 3. The number of benzene rings is 2. The molecule has 0 spiro atoms. The Labute approximate surface area is 215 Å². The lowest BCUT2D eigenvalue weighted by atomic mass is 10.0. The highest BCUT2D eigenvalue weighted by atomic mass is 79.9. The number of amides is 1. The van der Waals surface area contributed by atoms with Crippen LogP contribution in [0.5, 0.6) is 5.75 Å². The lowest BCUT2D eigenvalue weighted by Crippen LogP contribution is -2.17. The molecule has 1 N–H and O–H groups in total. The van der Waals surface area contributed by atoms with E-state index in [0.717, 1.165) is 27.3 Å². The predicted octanol–water partition coefficient (Wildman–Crippen LogP) is 7.23. The summed E-state index contributed by atoms with van der Waals surface area (Å²) < 4.78 is 9.07. The molecule has 1 aromatic heterocycles. The van der Waals surface area contributed by atoms with Crippen LogP contribution < -0.4 is 10.1 Å². The second kappa shape index (κ2) is 11.4. The molecule has 0 aliphatic heterocycles. The average Bonchev–Trinajstić information content (AvgIpc) is 3.21. The predicted molar refractivity (Wildman–Crippen MR) is 143 cm³/mol. The Morgan fingerprint density at radius 1 is 1.06 bits per heavy atom. The van der Waals surface area contributed by atoms with Crippen molar-refractivity contribution in [1.29, 1.82) is 0 Å². The van der Waals surface area contributed by atoms with E-state index in [0.29, 0.717) is 11.1 Å². The number of carbonyl (C=O) groups is 1. The number of nitrogens with one attached hydrogen (secondary N) is 1. The normalized spacial score (nSPS) is 12.3. The summed E-state index contributed by atoms with van der Waals surface area (Å²) in [7, 11) is 0. The Morgan fingerprint density at radius 2 is 1.71 bits per heavy atom. The molecule has 0 bridgehead atoms. The molecule has 0 saturated heterocycles. The lowest BCUT2D eigenvalue weighted by Gasteiger charge is -2.19. The minimum atomic E-state index is -0.283. The molecule has 8 heteroatoms. The number of hydrogen-bond donors (Lipinski definition) is 1. The first-order chi connectivity index (χ1) is 16.1. The Bertz CT molecular complexity index is 1140. The quantitative estimate of drug-likeness (QED) is 0.287. The molecule has 2 aromatic carbocycles. The number of thioether (sulfide) groups is 1. The standard InChI is InChI=1S/C26H33BrN4O2S/c1-15(2)20-8-10-21(11-9-20)33-19(7)25-29-30-26(31(25)16(3)4)34-14-24(32)28-23-13-18(6)17(5)12-22(23)27/h8-13,15-16,19H,14H2,1-7H3,(H,28,32). The number of rotatable bonds is 9. The molecule has 0 aliphatic carbocycles. The minimum absolute atomic E-state index is 0.0941. The number of ether oxygens (including phenoxy) is 1. The highest BCUT2D eigenvalue weighted by molar-refractivity contribution is 9.10. The van der Waals surface area contributed by atoms with E-state index in [4.69, 9.17) is 4.74 Å². The van der Waals surface area contributed by atoms with E-state index < -0.39 is 0 Å². The van der Waals surface area contributed by atoms with Gasteiger partial charge in [-0.05, 0) is 97.4 Å². The first-order valence-electron chi connectivity index (χ1n) is 11.5. The zero-order valence-electron chi connectivity index (χ0n) is 20.8. The zero-order chi connectivity index (χ0) is 25.0. The molecule has 6 nitrogen and oxygen atoms in total. The third kappa shape index (κ3) is 6.42. The number of halogens is 1. The number of aryl methyl sites for hydroxylation is 2. The molecule has 1 unspecified atom stereocenters. The van der Waals surface area contributed by atoms with Crippen molar-refractivity contribution in [2.75, 3.05) is 11.1 Å². The second-order valence-corrected chi connectivity index (χ2v) is 10.8. The number of nitrogens with zero attached hydrogens (tertiary/aromatic N) is 3. The van der Waals surface area contributed by atoms with E-state index in [1.165, 1.54) is 22.9 Å². The van der Waals surface area contributed by atoms with Crippen LogP contribution in [0.15, 0.2) is 46.0 Å². The summed E-state index contributed by atoms with van der Waals surface area (Å²) in [5.41, 5.74) is 4.34. The summed E-state index contributed by atoms with van der Waals surface area (Å²) in [6.07, 6.45) is -0.283. The maximum atomic E-state index is 12.6. The van der Waals surface area contributed by atoms with E-state index >= 15 is 0 Å². The maximum Gasteiger partial charge on any atom is 0.234 e. The lowest BCUT2D eigenvalue weighted by molar-refractivity contribution is -0.113. The molecule has 3 aromatic rings. The molecule has 0 aliphatic rings. The second-order valence-electron chi connectivity index (χ2n) is 9.04. The summed E-state index contributed by atoms with van der Waals surface area (Å²) in [4.78, 5) is 12.6. The zero-order valence-corrected chi connectivity index (χ0v) is 23.3. The van der Waals surface area contributed by atoms with Gasteiger partial charge in [-0.3, -0.25) is 4.79 Å². The Kier molecular flexibility index (Phi) is 8.82. The SMILES string of the molecule is Cc1cc(Br)c(NC(=O)CSc2nnc(C(C)Oc3ccc(C(C)C)cc3)n2C(C)C)cc1C. The molecule has 0 saturated carbocycles. The summed E-state index contributed by atoms with van der Waals surface area (Å²) in [6, 6.07) is 12.3. The fourth-order valence-electron chi connectivity index (χ4n) is 3.53. The molecular weight excluding hydrogens is 512 g/mol. The number of anilines is 1. The van der Waals surface area contributed by atoms with Crippen LogP contribution in [0.3, 0.4) is 0 Å². The monoisotopic (exact) mass is 544 g/mol. The summed E-state index contributed by atoms with van der Waals surface area (Å²) in [5.74, 6) is 2.15. The van der Waals surface area contributed by atoms with Gasteiger partial charge in [0.15, 0.2) is 17.1 Å². The number of hydrogen-bond acceptors (Lipinski definition) is 5. The molecular formula is C26H33BrN4O2S. The van der Waals surface area contributed by atoms with Gasteiger partial charge in [0.25, 0.3) is 0 Å². The van der Waals surface area contributed by atoms with Gasteiger partial charge in [0, 0.05) is 10.5 Å². The van der Waals surface area contributed by atoms with Crippen molar-refractivity contribution in [3.05, 3.63) is 63.4 Å². The summed E-state index contributed by atoms with van der Waals surface area (Å²) >= 11 is 4.90. The van der Waals surface area contributed by atoms with Gasteiger partial charge in [-0.15, -0.1) is 10.2 Å². The van der Waals surface area contributed by atoms with Crippen LogP contribution in [0.25, 0.3) is 0 Å². The first kappa shape index (κ1) is 26.3. The van der Waals surface area contributed by atoms with Crippen molar-refractivity contribution in [2.45, 2.75) is 71.7 Å². The van der Waals surface area contributed by atoms with Crippen LogP contribution in [-0.2, 0) is 4.79 Å². The van der Waals surface area contributed by atoms with Crippen molar-refractivity contribution < 1.29 is 9.53 Å². The molecule has 1 amide bonds. The molecule has 1 heterocycles. The average molecular weight is 546 g/mol. The van der Waals surface area contributed by atoms with Crippen molar-refractivity contribution in [2.24, 2.45) is 0 Å².